The van der Waals surface area contributed by atoms with Gasteiger partial charge in [-0.25, -0.2) is 0 Å². The molecule has 0 N–H and O–H groups in total. The van der Waals surface area contributed by atoms with E-state index < -0.39 is 35.6 Å². The first-order valence-electron chi connectivity index (χ1n) is 6.69. The molecule has 112 valence electrons. The molecular weight excluding hydrogens is 262 g/mol. The average molecular weight is 283 g/mol. The van der Waals surface area contributed by atoms with Gasteiger partial charge in [-0.15, -0.1) is 0 Å². The van der Waals surface area contributed by atoms with Crippen molar-refractivity contribution >= 4 is 11.9 Å². The van der Waals surface area contributed by atoms with Gasteiger partial charge in [0.15, 0.2) is 0 Å². The third-order valence-electron chi connectivity index (χ3n) is 3.00. The Morgan fingerprint density at radius 2 is 1.95 bits per heavy atom. The molecule has 1 aliphatic rings. The molecule has 0 bridgehead atoms. The first-order chi connectivity index (χ1) is 9.24. The fourth-order valence-electron chi connectivity index (χ4n) is 2.32. The summed E-state index contributed by atoms with van der Waals surface area (Å²) in [5.74, 6) is -1.49. The van der Waals surface area contributed by atoms with Gasteiger partial charge in [0.25, 0.3) is 0 Å². The summed E-state index contributed by atoms with van der Waals surface area (Å²) in [6.07, 6.45) is 1.14. The van der Waals surface area contributed by atoms with E-state index in [0.29, 0.717) is 12.8 Å². The van der Waals surface area contributed by atoms with Gasteiger partial charge in [0.1, 0.15) is 11.7 Å². The molecule has 0 aromatic rings. The molecule has 1 saturated carbocycles. The van der Waals surface area contributed by atoms with Gasteiger partial charge in [-0.1, -0.05) is 11.5 Å². The molecule has 1 fully saturated rings. The van der Waals surface area contributed by atoms with Crippen LogP contribution >= 0.6 is 0 Å². The van der Waals surface area contributed by atoms with E-state index in [0.717, 1.165) is 6.42 Å². The van der Waals surface area contributed by atoms with Gasteiger partial charge in [0.2, 0.25) is 0 Å². The van der Waals surface area contributed by atoms with Crippen LogP contribution in [0.1, 0.15) is 47.0 Å². The summed E-state index contributed by atoms with van der Waals surface area (Å²) in [7, 11) is 0. The van der Waals surface area contributed by atoms with Crippen LogP contribution in [0.2, 0.25) is 0 Å². The maximum Gasteiger partial charge on any atom is 0.313 e. The van der Waals surface area contributed by atoms with Crippen molar-refractivity contribution in [3.63, 3.8) is 0 Å². The molecule has 20 heavy (non-hydrogen) atoms. The Morgan fingerprint density at radius 3 is 2.45 bits per heavy atom. The molecule has 0 aromatic heterocycles. The highest BCUT2D eigenvalue weighted by Crippen LogP contribution is 2.31. The normalized spacial score (nSPS) is 26.3. The number of esters is 2. The minimum Gasteiger partial charge on any atom is -0.461 e. The number of carbonyl (C=O) groups excluding carboxylic acids is 2. The summed E-state index contributed by atoms with van der Waals surface area (Å²) in [5.41, 5.74) is 7.98. The summed E-state index contributed by atoms with van der Waals surface area (Å²) in [5, 5.41) is 3.64. The third-order valence-corrected chi connectivity index (χ3v) is 3.00. The highest BCUT2D eigenvalue weighted by Gasteiger charge is 2.41. The van der Waals surface area contributed by atoms with Gasteiger partial charge < -0.3 is 9.47 Å². The van der Waals surface area contributed by atoms with Gasteiger partial charge in [-0.2, -0.15) is 0 Å². The van der Waals surface area contributed by atoms with Crippen LogP contribution in [0.5, 0.6) is 0 Å². The minimum absolute atomic E-state index is 0.415. The smallest absolute Gasteiger partial charge is 0.313 e. The zero-order valence-electron chi connectivity index (χ0n) is 12.3. The van der Waals surface area contributed by atoms with Crippen molar-refractivity contribution in [1.29, 1.82) is 0 Å². The number of hydrogen-bond acceptors (Lipinski definition) is 5. The second-order valence-electron chi connectivity index (χ2n) is 5.92. The highest BCUT2D eigenvalue weighted by molar-refractivity contribution is 5.75. The lowest BCUT2D eigenvalue weighted by atomic mass is 9.83. The van der Waals surface area contributed by atoms with E-state index in [1.807, 2.05) is 0 Å². The van der Waals surface area contributed by atoms with Crippen molar-refractivity contribution in [2.45, 2.75) is 64.7 Å². The molecule has 0 aliphatic heterocycles. The Kier molecular flexibility index (Phi) is 5.39. The molecule has 0 amide bonds. The molecule has 0 radical (unpaired) electrons. The topological polar surface area (TPSA) is 101 Å². The van der Waals surface area contributed by atoms with E-state index in [1.54, 1.807) is 20.8 Å². The Labute approximate surface area is 118 Å². The summed E-state index contributed by atoms with van der Waals surface area (Å²) < 4.78 is 10.6. The zero-order valence-corrected chi connectivity index (χ0v) is 12.3. The van der Waals surface area contributed by atoms with E-state index in [2.05, 4.69) is 10.0 Å². The Balaban J connectivity index is 2.91. The van der Waals surface area contributed by atoms with E-state index in [1.165, 1.54) is 6.92 Å². The molecule has 0 heterocycles. The monoisotopic (exact) mass is 283 g/mol. The molecule has 7 heteroatoms. The number of azide groups is 1. The first kappa shape index (κ1) is 16.3. The second-order valence-corrected chi connectivity index (χ2v) is 5.92. The predicted octanol–water partition coefficient (Wildman–Crippen LogP) is 2.74. The molecule has 1 aliphatic carbocycles. The number of nitrogens with zero attached hydrogens (tertiary/aromatic N) is 3. The molecule has 0 spiro atoms. The fraction of sp³-hybridized carbons (Fsp3) is 0.846. The van der Waals surface area contributed by atoms with Gasteiger partial charge >= 0.3 is 11.9 Å². The molecule has 1 rings (SSSR count). The van der Waals surface area contributed by atoms with Crippen molar-refractivity contribution in [3.05, 3.63) is 10.4 Å². The second kappa shape index (κ2) is 6.61. The lowest BCUT2D eigenvalue weighted by Gasteiger charge is -2.35. The van der Waals surface area contributed by atoms with Crippen molar-refractivity contribution < 1.29 is 19.1 Å². The van der Waals surface area contributed by atoms with E-state index >= 15 is 0 Å². The summed E-state index contributed by atoms with van der Waals surface area (Å²) in [6.45, 7) is 6.60. The lowest BCUT2D eigenvalue weighted by Crippen LogP contribution is -2.45. The maximum atomic E-state index is 12.2. The van der Waals surface area contributed by atoms with Crippen molar-refractivity contribution in [3.8, 4) is 0 Å². The van der Waals surface area contributed by atoms with Crippen molar-refractivity contribution in [2.75, 3.05) is 0 Å². The van der Waals surface area contributed by atoms with Crippen molar-refractivity contribution in [1.82, 2.24) is 0 Å². The SMILES string of the molecule is CC(=O)O[C@@H]1[C@@H](C(=O)OC(C)(C)C)CCC[C@H]1N=[N+]=[N-]. The maximum absolute atomic E-state index is 12.2. The highest BCUT2D eigenvalue weighted by atomic mass is 16.6. The molecular formula is C13H21N3O4. The van der Waals surface area contributed by atoms with Crippen LogP contribution in [0.25, 0.3) is 10.4 Å². The Morgan fingerprint density at radius 1 is 1.30 bits per heavy atom. The summed E-state index contributed by atoms with van der Waals surface area (Å²) in [6, 6.07) is -0.518. The van der Waals surface area contributed by atoms with Crippen LogP contribution in [0.15, 0.2) is 5.11 Å². The van der Waals surface area contributed by atoms with Crippen molar-refractivity contribution in [2.24, 2.45) is 11.0 Å². The van der Waals surface area contributed by atoms with E-state index in [-0.39, 0.29) is 0 Å². The van der Waals surface area contributed by atoms with Crippen LogP contribution in [-0.4, -0.2) is 29.7 Å². The number of hydrogen-bond donors (Lipinski definition) is 0. The first-order valence-corrected chi connectivity index (χ1v) is 6.69. The van der Waals surface area contributed by atoms with Gasteiger partial charge in [-0.3, -0.25) is 9.59 Å². The van der Waals surface area contributed by atoms with Gasteiger partial charge in [-0.05, 0) is 39.1 Å². The van der Waals surface area contributed by atoms with Crippen LogP contribution in [0.4, 0.5) is 0 Å². The van der Waals surface area contributed by atoms with Crippen LogP contribution in [0.3, 0.4) is 0 Å². The number of ether oxygens (including phenoxy) is 2. The van der Waals surface area contributed by atoms with E-state index in [4.69, 9.17) is 15.0 Å². The number of rotatable bonds is 3. The van der Waals surface area contributed by atoms with Crippen LogP contribution in [0, 0.1) is 5.92 Å². The standard InChI is InChI=1S/C13H21N3O4/c1-8(17)19-11-9(12(18)20-13(2,3)4)6-5-7-10(11)15-16-14/h9-11H,5-7H2,1-4H3/t9-,10+,11+/m0/s1. The van der Waals surface area contributed by atoms with Crippen LogP contribution < -0.4 is 0 Å². The third kappa shape index (κ3) is 4.74. The zero-order chi connectivity index (χ0) is 15.3. The molecule has 3 atom stereocenters. The van der Waals surface area contributed by atoms with Gasteiger partial charge in [0.05, 0.1) is 12.0 Å². The minimum atomic E-state index is -0.744. The average Bonchev–Trinajstić information content (AvgIpc) is 2.28. The molecule has 0 unspecified atom stereocenters. The number of carbonyl (C=O) groups is 2. The Bertz CT molecular complexity index is 424. The summed E-state index contributed by atoms with van der Waals surface area (Å²) >= 11 is 0. The van der Waals surface area contributed by atoms with Crippen LogP contribution in [-0.2, 0) is 19.1 Å². The largest absolute Gasteiger partial charge is 0.461 e. The predicted molar refractivity (Wildman–Crippen MR) is 71.7 cm³/mol. The quantitative estimate of drug-likeness (QED) is 0.344. The molecule has 0 aromatic carbocycles. The molecule has 7 nitrogen and oxygen atoms in total. The molecule has 0 saturated heterocycles. The van der Waals surface area contributed by atoms with E-state index in [9.17, 15) is 9.59 Å². The fourth-order valence-corrected chi connectivity index (χ4v) is 2.32. The Hall–Kier alpha value is -1.75. The van der Waals surface area contributed by atoms with Gasteiger partial charge in [0, 0.05) is 11.8 Å². The lowest BCUT2D eigenvalue weighted by molar-refractivity contribution is -0.172. The summed E-state index contributed by atoms with van der Waals surface area (Å²) in [4.78, 5) is 26.2.